The van der Waals surface area contributed by atoms with Gasteiger partial charge >= 0.3 is 0 Å². The molecule has 0 spiro atoms. The van der Waals surface area contributed by atoms with E-state index in [1.165, 1.54) is 60.7 Å². The van der Waals surface area contributed by atoms with Crippen molar-refractivity contribution >= 4 is 33.2 Å². The molecule has 0 heterocycles. The number of benzene rings is 4. The number of hydrogen-bond acceptors (Lipinski definition) is 6. The Bertz CT molecular complexity index is 1720. The van der Waals surface area contributed by atoms with Crippen LogP contribution in [-0.2, 0) is 32.6 Å². The van der Waals surface area contributed by atoms with Gasteiger partial charge in [-0.3, -0.25) is 24.0 Å². The Hall–Kier alpha value is -5.10. The third kappa shape index (κ3) is 7.64. The fourth-order valence-electron chi connectivity index (χ4n) is 4.67. The highest BCUT2D eigenvalue weighted by Gasteiger charge is 2.35. The van der Waals surface area contributed by atoms with E-state index in [-0.39, 0.29) is 41.3 Å². The van der Waals surface area contributed by atoms with Crippen LogP contribution in [0.25, 0.3) is 0 Å². The Labute approximate surface area is 254 Å². The smallest absolute Gasteiger partial charge is 0.271 e. The Morgan fingerprint density at radius 1 is 0.909 bits per heavy atom. The van der Waals surface area contributed by atoms with Crippen LogP contribution in [0, 0.1) is 15.9 Å². The molecule has 0 saturated carbocycles. The van der Waals surface area contributed by atoms with E-state index in [2.05, 4.69) is 5.32 Å². The average molecular weight is 619 g/mol. The summed E-state index contributed by atoms with van der Waals surface area (Å²) in [4.78, 5) is 39.6. The summed E-state index contributed by atoms with van der Waals surface area (Å²) in [5, 5.41) is 14.3. The molecule has 0 aromatic heterocycles. The van der Waals surface area contributed by atoms with Crippen LogP contribution >= 0.6 is 0 Å². The van der Waals surface area contributed by atoms with Crippen molar-refractivity contribution in [1.29, 1.82) is 0 Å². The van der Waals surface area contributed by atoms with Crippen molar-refractivity contribution in [2.45, 2.75) is 30.8 Å². The predicted molar refractivity (Wildman–Crippen MR) is 164 cm³/mol. The highest BCUT2D eigenvalue weighted by atomic mass is 32.2. The SMILES string of the molecule is CCNC(=O)[C@H](Cc1ccccc1)N(Cc1ccccc1F)C(=O)CN(c1cccc([N+](=O)[O-])c1)S(=O)(=O)c1ccccc1. The molecule has 0 aliphatic rings. The second-order valence-electron chi connectivity index (χ2n) is 9.81. The van der Waals surface area contributed by atoms with Crippen LogP contribution in [0.5, 0.6) is 0 Å². The van der Waals surface area contributed by atoms with Crippen molar-refractivity contribution in [3.05, 3.63) is 136 Å². The van der Waals surface area contributed by atoms with E-state index in [1.54, 1.807) is 49.4 Å². The molecule has 10 nitrogen and oxygen atoms in total. The molecule has 0 unspecified atom stereocenters. The number of sulfonamides is 1. The number of hydrogen-bond donors (Lipinski definition) is 1. The molecule has 12 heteroatoms. The standard InChI is InChI=1S/C32H31FN4O6S/c1-2-34-32(39)30(20-24-12-5-3-6-13-24)35(22-25-14-9-10-19-29(25)33)31(38)23-36(26-15-11-16-27(21-26)37(40)41)44(42,43)28-17-7-4-8-18-28/h3-19,21,30H,2,20,22-23H2,1H3,(H,34,39)/t30-/m0/s1. The Balaban J connectivity index is 1.83. The van der Waals surface area contributed by atoms with E-state index in [9.17, 15) is 32.5 Å². The van der Waals surface area contributed by atoms with E-state index in [1.807, 2.05) is 0 Å². The molecule has 4 aromatic rings. The van der Waals surface area contributed by atoms with Crippen LogP contribution in [0.1, 0.15) is 18.1 Å². The summed E-state index contributed by atoms with van der Waals surface area (Å²) in [7, 11) is -4.43. The lowest BCUT2D eigenvalue weighted by Gasteiger charge is -2.33. The number of likely N-dealkylation sites (N-methyl/N-ethyl adjacent to an activating group) is 1. The molecule has 44 heavy (non-hydrogen) atoms. The Morgan fingerprint density at radius 2 is 1.55 bits per heavy atom. The number of nitrogens with zero attached hydrogens (tertiary/aromatic N) is 3. The van der Waals surface area contributed by atoms with Gasteiger partial charge in [-0.05, 0) is 36.8 Å². The Morgan fingerprint density at radius 3 is 2.18 bits per heavy atom. The van der Waals surface area contributed by atoms with E-state index >= 15 is 0 Å². The van der Waals surface area contributed by atoms with Gasteiger partial charge in [0.2, 0.25) is 11.8 Å². The fraction of sp³-hybridized carbons (Fsp3) is 0.188. The quantitative estimate of drug-likeness (QED) is 0.171. The first-order chi connectivity index (χ1) is 21.1. The van der Waals surface area contributed by atoms with Crippen LogP contribution in [0.15, 0.2) is 114 Å². The predicted octanol–water partition coefficient (Wildman–Crippen LogP) is 4.71. The third-order valence-corrected chi connectivity index (χ3v) is 8.65. The lowest BCUT2D eigenvalue weighted by Crippen LogP contribution is -2.53. The molecule has 4 aromatic carbocycles. The first-order valence-electron chi connectivity index (χ1n) is 13.8. The number of non-ortho nitro benzene ring substituents is 1. The molecule has 4 rings (SSSR count). The molecular formula is C32H31FN4O6S. The van der Waals surface area contributed by atoms with Gasteiger partial charge in [0.25, 0.3) is 15.7 Å². The summed E-state index contributed by atoms with van der Waals surface area (Å²) in [6.45, 7) is 0.816. The third-order valence-electron chi connectivity index (χ3n) is 6.86. The molecule has 0 radical (unpaired) electrons. The van der Waals surface area contributed by atoms with Crippen molar-refractivity contribution in [1.82, 2.24) is 10.2 Å². The minimum atomic E-state index is -4.43. The summed E-state index contributed by atoms with van der Waals surface area (Å²) in [5.41, 5.74) is 0.342. The molecule has 0 saturated heterocycles. The number of amides is 2. The van der Waals surface area contributed by atoms with Crippen LogP contribution in [0.4, 0.5) is 15.8 Å². The number of nitrogens with one attached hydrogen (secondary N) is 1. The average Bonchev–Trinajstić information content (AvgIpc) is 3.03. The van der Waals surface area contributed by atoms with Gasteiger partial charge in [0.05, 0.1) is 15.5 Å². The minimum Gasteiger partial charge on any atom is -0.355 e. The molecule has 0 aliphatic carbocycles. The van der Waals surface area contributed by atoms with Crippen molar-refractivity contribution < 1.29 is 27.3 Å². The van der Waals surface area contributed by atoms with Gasteiger partial charge in [-0.1, -0.05) is 72.8 Å². The summed E-state index contributed by atoms with van der Waals surface area (Å²) < 4.78 is 43.5. The van der Waals surface area contributed by atoms with Crippen LogP contribution < -0.4 is 9.62 Å². The molecule has 0 bridgehead atoms. The summed E-state index contributed by atoms with van der Waals surface area (Å²) in [5.74, 6) is -1.92. The molecule has 228 valence electrons. The number of nitro benzene ring substituents is 1. The zero-order valence-electron chi connectivity index (χ0n) is 23.9. The monoisotopic (exact) mass is 618 g/mol. The number of carbonyl (C=O) groups is 2. The first kappa shape index (κ1) is 31.8. The Kier molecular flexibility index (Phi) is 10.4. The fourth-order valence-corrected chi connectivity index (χ4v) is 6.09. The lowest BCUT2D eigenvalue weighted by atomic mass is 10.0. The highest BCUT2D eigenvalue weighted by Crippen LogP contribution is 2.28. The maximum absolute atomic E-state index is 14.9. The highest BCUT2D eigenvalue weighted by molar-refractivity contribution is 7.92. The van der Waals surface area contributed by atoms with Crippen molar-refractivity contribution in [3.8, 4) is 0 Å². The second-order valence-corrected chi connectivity index (χ2v) is 11.7. The minimum absolute atomic E-state index is 0.0646. The first-order valence-corrected chi connectivity index (χ1v) is 15.2. The van der Waals surface area contributed by atoms with Gasteiger partial charge in [-0.2, -0.15) is 0 Å². The largest absolute Gasteiger partial charge is 0.355 e. The zero-order valence-corrected chi connectivity index (χ0v) is 24.7. The number of halogens is 1. The number of carbonyl (C=O) groups excluding carboxylic acids is 2. The van der Waals surface area contributed by atoms with Gasteiger partial charge in [0.1, 0.15) is 18.4 Å². The molecule has 0 fully saturated rings. The van der Waals surface area contributed by atoms with Gasteiger partial charge in [-0.25, -0.2) is 12.8 Å². The maximum atomic E-state index is 14.9. The summed E-state index contributed by atoms with van der Waals surface area (Å²) in [6, 6.07) is 25.8. The van der Waals surface area contributed by atoms with E-state index in [4.69, 9.17) is 0 Å². The second kappa shape index (κ2) is 14.4. The molecule has 2 amide bonds. The summed E-state index contributed by atoms with van der Waals surface area (Å²) in [6.07, 6.45) is 0.0646. The molecular weight excluding hydrogens is 587 g/mol. The van der Waals surface area contributed by atoms with Gasteiger partial charge in [-0.15, -0.1) is 0 Å². The van der Waals surface area contributed by atoms with Crippen molar-refractivity contribution in [2.75, 3.05) is 17.4 Å². The van der Waals surface area contributed by atoms with Crippen molar-refractivity contribution in [3.63, 3.8) is 0 Å². The van der Waals surface area contributed by atoms with E-state index in [0.717, 1.165) is 20.8 Å². The van der Waals surface area contributed by atoms with E-state index in [0.29, 0.717) is 0 Å². The van der Waals surface area contributed by atoms with Gasteiger partial charge < -0.3 is 10.2 Å². The molecule has 1 atom stereocenters. The topological polar surface area (TPSA) is 130 Å². The van der Waals surface area contributed by atoms with Crippen LogP contribution in [0.3, 0.4) is 0 Å². The summed E-state index contributed by atoms with van der Waals surface area (Å²) >= 11 is 0. The van der Waals surface area contributed by atoms with Gasteiger partial charge in [0, 0.05) is 37.2 Å². The normalized spacial score (nSPS) is 11.8. The van der Waals surface area contributed by atoms with Crippen LogP contribution in [-0.4, -0.2) is 49.2 Å². The zero-order chi connectivity index (χ0) is 31.7. The van der Waals surface area contributed by atoms with Crippen LogP contribution in [0.2, 0.25) is 0 Å². The van der Waals surface area contributed by atoms with Crippen molar-refractivity contribution in [2.24, 2.45) is 0 Å². The molecule has 1 N–H and O–H groups in total. The lowest BCUT2D eigenvalue weighted by molar-refractivity contribution is -0.384. The number of rotatable bonds is 13. The number of nitro groups is 1. The maximum Gasteiger partial charge on any atom is 0.271 e. The van der Waals surface area contributed by atoms with Gasteiger partial charge in [0.15, 0.2) is 0 Å². The van der Waals surface area contributed by atoms with E-state index < -0.39 is 45.2 Å². The molecule has 0 aliphatic heterocycles. The number of anilines is 1.